The fourth-order valence-electron chi connectivity index (χ4n) is 3.39. The highest BCUT2D eigenvalue weighted by molar-refractivity contribution is 7.26. The monoisotopic (exact) mass is 386 g/mol. The van der Waals surface area contributed by atoms with Crippen molar-refractivity contribution in [3.05, 3.63) is 40.3 Å². The van der Waals surface area contributed by atoms with Crippen molar-refractivity contribution in [2.45, 2.75) is 13.5 Å². The third-order valence-corrected chi connectivity index (χ3v) is 6.07. The molecule has 0 atom stereocenters. The highest BCUT2D eigenvalue weighted by atomic mass is 32.1. The van der Waals surface area contributed by atoms with Crippen LogP contribution < -0.4 is 10.9 Å². The van der Waals surface area contributed by atoms with Gasteiger partial charge in [-0.25, -0.2) is 4.68 Å². The lowest BCUT2D eigenvalue weighted by Gasteiger charge is -2.26. The first-order chi connectivity index (χ1) is 13.1. The number of rotatable bonds is 5. The standard InChI is InChI=1S/C19H22N4O3S/c1-13-18-17(14-4-2-3-5-15(14)27-18)19(25)23(21-13)12-16(24)20-6-7-22-8-10-26-11-9-22/h2-5H,6-12H2,1H3,(H,20,24). The summed E-state index contributed by atoms with van der Waals surface area (Å²) in [7, 11) is 0. The number of amides is 1. The molecule has 0 radical (unpaired) electrons. The van der Waals surface area contributed by atoms with E-state index >= 15 is 0 Å². The van der Waals surface area contributed by atoms with Gasteiger partial charge in [-0.15, -0.1) is 11.3 Å². The van der Waals surface area contributed by atoms with Crippen LogP contribution in [0.15, 0.2) is 29.1 Å². The number of morpholine rings is 1. The van der Waals surface area contributed by atoms with Gasteiger partial charge in [0.1, 0.15) is 6.54 Å². The van der Waals surface area contributed by atoms with E-state index in [1.54, 1.807) is 11.3 Å². The Morgan fingerprint density at radius 2 is 2.07 bits per heavy atom. The molecule has 4 rings (SSSR count). The van der Waals surface area contributed by atoms with E-state index in [0.717, 1.165) is 53.3 Å². The van der Waals surface area contributed by atoms with E-state index in [4.69, 9.17) is 4.74 Å². The minimum absolute atomic E-state index is 0.0666. The number of thiophene rings is 1. The predicted octanol–water partition coefficient (Wildman–Crippen LogP) is 1.37. The lowest BCUT2D eigenvalue weighted by atomic mass is 10.2. The minimum atomic E-state index is -0.212. The van der Waals surface area contributed by atoms with Crippen molar-refractivity contribution >= 4 is 37.4 Å². The van der Waals surface area contributed by atoms with E-state index in [2.05, 4.69) is 15.3 Å². The van der Waals surface area contributed by atoms with Gasteiger partial charge >= 0.3 is 0 Å². The molecular formula is C19H22N4O3S. The number of carbonyl (C=O) groups excluding carboxylic acids is 1. The molecule has 1 amide bonds. The number of nitrogens with one attached hydrogen (secondary N) is 1. The van der Waals surface area contributed by atoms with Crippen molar-refractivity contribution in [2.24, 2.45) is 0 Å². The highest BCUT2D eigenvalue weighted by Gasteiger charge is 2.16. The number of fused-ring (bicyclic) bond motifs is 3. The molecule has 3 aromatic rings. The van der Waals surface area contributed by atoms with Crippen LogP contribution in [0.4, 0.5) is 0 Å². The first-order valence-corrected chi connectivity index (χ1v) is 9.91. The third-order valence-electron chi connectivity index (χ3n) is 4.79. The van der Waals surface area contributed by atoms with Crippen molar-refractivity contribution in [1.82, 2.24) is 20.0 Å². The van der Waals surface area contributed by atoms with Crippen molar-refractivity contribution < 1.29 is 9.53 Å². The number of hydrogen-bond acceptors (Lipinski definition) is 6. The summed E-state index contributed by atoms with van der Waals surface area (Å²) in [5, 5.41) is 8.83. The Hall–Kier alpha value is -2.29. The Balaban J connectivity index is 1.50. The van der Waals surface area contributed by atoms with Gasteiger partial charge in [0.2, 0.25) is 5.91 Å². The summed E-state index contributed by atoms with van der Waals surface area (Å²) >= 11 is 1.57. The van der Waals surface area contributed by atoms with Gasteiger partial charge in [-0.1, -0.05) is 18.2 Å². The Bertz CT molecular complexity index is 1040. The summed E-state index contributed by atoms with van der Waals surface area (Å²) in [5.41, 5.74) is 0.559. The number of hydrogen-bond donors (Lipinski definition) is 1. The molecule has 27 heavy (non-hydrogen) atoms. The maximum atomic E-state index is 12.9. The van der Waals surface area contributed by atoms with Crippen LogP contribution in [0, 0.1) is 6.92 Å². The molecule has 1 aliphatic rings. The second-order valence-electron chi connectivity index (χ2n) is 6.65. The molecule has 1 N–H and O–H groups in total. The van der Waals surface area contributed by atoms with E-state index in [1.807, 2.05) is 31.2 Å². The SMILES string of the molecule is Cc1nn(CC(=O)NCCN2CCOCC2)c(=O)c2c1sc1ccccc12. The molecular weight excluding hydrogens is 364 g/mol. The number of nitrogens with zero attached hydrogens (tertiary/aromatic N) is 3. The van der Waals surface area contributed by atoms with E-state index in [-0.39, 0.29) is 18.0 Å². The van der Waals surface area contributed by atoms with Crippen molar-refractivity contribution in [2.75, 3.05) is 39.4 Å². The molecule has 142 valence electrons. The maximum Gasteiger partial charge on any atom is 0.276 e. The number of aromatic nitrogens is 2. The largest absolute Gasteiger partial charge is 0.379 e. The third kappa shape index (κ3) is 3.73. The lowest BCUT2D eigenvalue weighted by Crippen LogP contribution is -2.42. The van der Waals surface area contributed by atoms with Crippen LogP contribution in [-0.4, -0.2) is 60.0 Å². The highest BCUT2D eigenvalue weighted by Crippen LogP contribution is 2.32. The van der Waals surface area contributed by atoms with Crippen molar-refractivity contribution in [3.63, 3.8) is 0 Å². The molecule has 3 heterocycles. The molecule has 1 saturated heterocycles. The number of carbonyl (C=O) groups is 1. The van der Waals surface area contributed by atoms with E-state index in [9.17, 15) is 9.59 Å². The van der Waals surface area contributed by atoms with Gasteiger partial charge in [0.05, 0.1) is 29.0 Å². The lowest BCUT2D eigenvalue weighted by molar-refractivity contribution is -0.122. The molecule has 7 nitrogen and oxygen atoms in total. The molecule has 0 aliphatic carbocycles. The van der Waals surface area contributed by atoms with Gasteiger partial charge in [-0.2, -0.15) is 5.10 Å². The summed E-state index contributed by atoms with van der Waals surface area (Å²) < 4.78 is 8.54. The molecule has 0 spiro atoms. The zero-order valence-electron chi connectivity index (χ0n) is 15.2. The van der Waals surface area contributed by atoms with E-state index in [1.165, 1.54) is 4.68 Å². The Labute approximate surface area is 160 Å². The Morgan fingerprint density at radius 3 is 2.89 bits per heavy atom. The van der Waals surface area contributed by atoms with Gasteiger partial charge < -0.3 is 10.1 Å². The molecule has 0 saturated carbocycles. The summed E-state index contributed by atoms with van der Waals surface area (Å²) in [5.74, 6) is -0.198. The van der Waals surface area contributed by atoms with Crippen molar-refractivity contribution in [1.29, 1.82) is 0 Å². The molecule has 0 unspecified atom stereocenters. The average molecular weight is 386 g/mol. The topological polar surface area (TPSA) is 76.5 Å². The molecule has 0 bridgehead atoms. The van der Waals surface area contributed by atoms with Crippen LogP contribution in [0.2, 0.25) is 0 Å². The molecule has 2 aromatic heterocycles. The summed E-state index contributed by atoms with van der Waals surface area (Å²) in [4.78, 5) is 27.5. The van der Waals surface area contributed by atoms with Crippen LogP contribution in [0.1, 0.15) is 5.69 Å². The first kappa shape index (κ1) is 18.1. The normalized spacial score (nSPS) is 15.4. The second kappa shape index (κ2) is 7.75. The molecule has 1 fully saturated rings. The van der Waals surface area contributed by atoms with Gasteiger partial charge in [-0.05, 0) is 13.0 Å². The molecule has 1 aliphatic heterocycles. The summed E-state index contributed by atoms with van der Waals surface area (Å²) in [6.45, 7) is 6.39. The zero-order valence-corrected chi connectivity index (χ0v) is 16.1. The van der Waals surface area contributed by atoms with Crippen LogP contribution in [0.3, 0.4) is 0 Å². The predicted molar refractivity (Wildman–Crippen MR) is 106 cm³/mol. The smallest absolute Gasteiger partial charge is 0.276 e. The van der Waals surface area contributed by atoms with Crippen LogP contribution >= 0.6 is 11.3 Å². The number of aryl methyl sites for hydroxylation is 1. The Morgan fingerprint density at radius 1 is 1.30 bits per heavy atom. The van der Waals surface area contributed by atoms with E-state index in [0.29, 0.717) is 11.9 Å². The minimum Gasteiger partial charge on any atom is -0.379 e. The fourth-order valence-corrected chi connectivity index (χ4v) is 4.53. The average Bonchev–Trinajstić information content (AvgIpc) is 3.07. The van der Waals surface area contributed by atoms with Crippen LogP contribution in [0.5, 0.6) is 0 Å². The Kier molecular flexibility index (Phi) is 5.20. The molecule has 8 heteroatoms. The molecule has 1 aromatic carbocycles. The fraction of sp³-hybridized carbons (Fsp3) is 0.421. The summed E-state index contributed by atoms with van der Waals surface area (Å²) in [6.07, 6.45) is 0. The van der Waals surface area contributed by atoms with Crippen LogP contribution in [-0.2, 0) is 16.1 Å². The van der Waals surface area contributed by atoms with Crippen LogP contribution in [0.25, 0.3) is 20.2 Å². The first-order valence-electron chi connectivity index (χ1n) is 9.09. The number of benzene rings is 1. The van der Waals surface area contributed by atoms with Gasteiger partial charge in [0, 0.05) is 36.3 Å². The second-order valence-corrected chi connectivity index (χ2v) is 7.71. The van der Waals surface area contributed by atoms with E-state index < -0.39 is 0 Å². The van der Waals surface area contributed by atoms with Gasteiger partial charge in [0.25, 0.3) is 5.56 Å². The summed E-state index contributed by atoms with van der Waals surface area (Å²) in [6, 6.07) is 7.83. The number of ether oxygens (including phenoxy) is 1. The van der Waals surface area contributed by atoms with Crippen molar-refractivity contribution in [3.8, 4) is 0 Å². The van der Waals surface area contributed by atoms with Gasteiger partial charge in [0.15, 0.2) is 0 Å². The zero-order chi connectivity index (χ0) is 18.8. The maximum absolute atomic E-state index is 12.9. The quantitative estimate of drug-likeness (QED) is 0.717. The van der Waals surface area contributed by atoms with Gasteiger partial charge in [-0.3, -0.25) is 14.5 Å².